The lowest BCUT2D eigenvalue weighted by Gasteiger charge is -2.11. The van der Waals surface area contributed by atoms with E-state index in [2.05, 4.69) is 23.0 Å². The van der Waals surface area contributed by atoms with Gasteiger partial charge in [0, 0.05) is 16.9 Å². The molecule has 112 valence electrons. The maximum atomic E-state index is 5.62. The van der Waals surface area contributed by atoms with Crippen molar-refractivity contribution >= 4 is 5.57 Å². The zero-order chi connectivity index (χ0) is 15.0. The molecule has 0 aromatic carbocycles. The van der Waals surface area contributed by atoms with E-state index in [0.717, 1.165) is 11.3 Å². The van der Waals surface area contributed by atoms with Crippen LogP contribution >= 0.6 is 0 Å². The number of ether oxygens (including phenoxy) is 1. The van der Waals surface area contributed by atoms with Gasteiger partial charge < -0.3 is 10.1 Å². The summed E-state index contributed by atoms with van der Waals surface area (Å²) in [6.45, 7) is 9.02. The van der Waals surface area contributed by atoms with E-state index < -0.39 is 0 Å². The molecule has 2 atom stereocenters. The van der Waals surface area contributed by atoms with Gasteiger partial charge in [-0.05, 0) is 12.6 Å². The Kier molecular flexibility index (Phi) is 3.44. The summed E-state index contributed by atoms with van der Waals surface area (Å²) in [5.41, 5.74) is 1.90. The van der Waals surface area contributed by atoms with E-state index in [0.29, 0.717) is 19.0 Å². The summed E-state index contributed by atoms with van der Waals surface area (Å²) in [6.07, 6.45) is 2.05. The highest BCUT2D eigenvalue weighted by molar-refractivity contribution is 5.58. The molecule has 0 bridgehead atoms. The van der Waals surface area contributed by atoms with Crippen LogP contribution in [-0.4, -0.2) is 38.2 Å². The summed E-state index contributed by atoms with van der Waals surface area (Å²) < 4.78 is 7.72. The number of hydrogen-bond donors (Lipinski definition) is 1. The molecule has 6 nitrogen and oxygen atoms in total. The summed E-state index contributed by atoms with van der Waals surface area (Å²) in [4.78, 5) is 11.3. The summed E-state index contributed by atoms with van der Waals surface area (Å²) in [5, 5.41) is 3.17. The first-order valence-corrected chi connectivity index (χ1v) is 6.88. The number of fused-ring (bicyclic) bond motifs is 3. The average Bonchev–Trinajstić information content (AvgIpc) is 3.18. The number of nitrogens with zero attached hydrogens (tertiary/aromatic N) is 2. The minimum absolute atomic E-state index is 0.0337. The van der Waals surface area contributed by atoms with Gasteiger partial charge in [0.1, 0.15) is 6.61 Å². The van der Waals surface area contributed by atoms with Crippen LogP contribution in [0.2, 0.25) is 0 Å². The van der Waals surface area contributed by atoms with Crippen molar-refractivity contribution in [3.05, 3.63) is 49.1 Å². The third-order valence-corrected chi connectivity index (χ3v) is 4.12. The van der Waals surface area contributed by atoms with Crippen LogP contribution in [-0.2, 0) is 14.4 Å². The number of aromatic nitrogens is 1. The highest BCUT2D eigenvalue weighted by Gasteiger charge is 2.80. The maximum absolute atomic E-state index is 5.62. The molecule has 0 spiro atoms. The second-order valence-electron chi connectivity index (χ2n) is 5.18. The van der Waals surface area contributed by atoms with Crippen molar-refractivity contribution in [1.29, 1.82) is 0 Å². The molecule has 2 aliphatic heterocycles. The first-order chi connectivity index (χ1) is 10.1. The fraction of sp³-hybridized carbons (Fsp3) is 0.400. The minimum atomic E-state index is 0.0337. The number of hydrogen-bond acceptors (Lipinski definition) is 4. The van der Waals surface area contributed by atoms with Gasteiger partial charge in [-0.2, -0.15) is 9.68 Å². The molecule has 0 amide bonds. The van der Waals surface area contributed by atoms with Crippen molar-refractivity contribution < 1.29 is 23.8 Å². The van der Waals surface area contributed by atoms with Crippen LogP contribution in [0, 0.1) is 0 Å². The van der Waals surface area contributed by atoms with Gasteiger partial charge in [0.2, 0.25) is 5.69 Å². The second kappa shape index (κ2) is 5.14. The molecule has 21 heavy (non-hydrogen) atoms. The number of nitrogens with one attached hydrogen (secondary N) is 1. The van der Waals surface area contributed by atoms with Gasteiger partial charge in [-0.3, -0.25) is 0 Å². The normalized spacial score (nSPS) is 27.0. The predicted octanol–water partition coefficient (Wildman–Crippen LogP) is 0.899. The van der Waals surface area contributed by atoms with E-state index in [9.17, 15) is 0 Å². The molecule has 1 N–H and O–H groups in total. The first kappa shape index (κ1) is 14.1. The standard InChI is InChI=1S/C15H21N3O3/c1-11-10-21-12(2)16-9-14-15(18(14,19-3)20-4)17-8-6-5-7-13(11)17/h5-8,14-16H,1-2,9-10H2,3-4H3/q+2. The van der Waals surface area contributed by atoms with Crippen LogP contribution in [0.4, 0.5) is 0 Å². The van der Waals surface area contributed by atoms with Crippen LogP contribution in [0.5, 0.6) is 0 Å². The van der Waals surface area contributed by atoms with Crippen LogP contribution in [0.25, 0.3) is 5.57 Å². The smallest absolute Gasteiger partial charge is 0.406 e. The third kappa shape index (κ3) is 2.12. The Morgan fingerprint density at radius 2 is 2.10 bits per heavy atom. The second-order valence-corrected chi connectivity index (χ2v) is 5.18. The van der Waals surface area contributed by atoms with Crippen LogP contribution < -0.4 is 9.88 Å². The fourth-order valence-corrected chi connectivity index (χ4v) is 3.00. The Bertz CT molecular complexity index is 583. The summed E-state index contributed by atoms with van der Waals surface area (Å²) in [7, 11) is 3.30. The molecule has 6 heteroatoms. The molecule has 2 aliphatic rings. The molecule has 3 rings (SSSR count). The van der Waals surface area contributed by atoms with Crippen LogP contribution in [0.3, 0.4) is 0 Å². The highest BCUT2D eigenvalue weighted by atomic mass is 17.0. The SMILES string of the molecule is C=C1NCC2C([n+]3ccccc3C(=C)CO1)[N+]2(OC)OC. The molecule has 1 aromatic heterocycles. The van der Waals surface area contributed by atoms with Gasteiger partial charge in [0.05, 0.1) is 26.3 Å². The van der Waals surface area contributed by atoms with Crippen LogP contribution in [0.15, 0.2) is 43.4 Å². The van der Waals surface area contributed by atoms with E-state index in [1.807, 2.05) is 24.4 Å². The lowest BCUT2D eigenvalue weighted by Crippen LogP contribution is -2.43. The molecular weight excluding hydrogens is 270 g/mol. The monoisotopic (exact) mass is 291 g/mol. The average molecular weight is 291 g/mol. The van der Waals surface area contributed by atoms with Gasteiger partial charge in [0.15, 0.2) is 12.1 Å². The van der Waals surface area contributed by atoms with Crippen molar-refractivity contribution in [3.63, 3.8) is 0 Å². The van der Waals surface area contributed by atoms with Gasteiger partial charge in [0.25, 0.3) is 6.04 Å². The Hall–Kier alpha value is -1.89. The van der Waals surface area contributed by atoms with E-state index in [4.69, 9.17) is 14.4 Å². The molecule has 2 unspecified atom stereocenters. The predicted molar refractivity (Wildman–Crippen MR) is 75.9 cm³/mol. The first-order valence-electron chi connectivity index (χ1n) is 6.88. The van der Waals surface area contributed by atoms with E-state index in [1.165, 1.54) is 0 Å². The number of rotatable bonds is 2. The summed E-state index contributed by atoms with van der Waals surface area (Å²) in [5.74, 6) is 0.538. The molecule has 0 saturated carbocycles. The Balaban J connectivity index is 2.05. The molecule has 3 heterocycles. The number of quaternary nitrogens is 1. The van der Waals surface area contributed by atoms with Crippen LogP contribution in [0.1, 0.15) is 11.9 Å². The quantitative estimate of drug-likeness (QED) is 0.499. The molecule has 1 saturated heterocycles. The van der Waals surface area contributed by atoms with Crippen molar-refractivity contribution in [2.75, 3.05) is 27.4 Å². The summed E-state index contributed by atoms with van der Waals surface area (Å²) >= 11 is 0. The lowest BCUT2D eigenvalue weighted by atomic mass is 10.2. The number of pyridine rings is 1. The van der Waals surface area contributed by atoms with Crippen molar-refractivity contribution in [3.8, 4) is 0 Å². The van der Waals surface area contributed by atoms with E-state index in [-0.39, 0.29) is 17.0 Å². The zero-order valence-electron chi connectivity index (χ0n) is 12.4. The molecule has 1 aromatic rings. The van der Waals surface area contributed by atoms with E-state index >= 15 is 0 Å². The third-order valence-electron chi connectivity index (χ3n) is 4.12. The summed E-state index contributed by atoms with van der Waals surface area (Å²) in [6, 6.07) is 6.11. The van der Waals surface area contributed by atoms with Gasteiger partial charge in [-0.1, -0.05) is 6.58 Å². The molecule has 1 fully saturated rings. The zero-order valence-corrected chi connectivity index (χ0v) is 12.4. The van der Waals surface area contributed by atoms with Gasteiger partial charge in [-0.25, -0.2) is 0 Å². The largest absolute Gasteiger partial charge is 0.475 e. The minimum Gasteiger partial charge on any atom is -0.475 e. The van der Waals surface area contributed by atoms with Crippen molar-refractivity contribution in [1.82, 2.24) is 5.32 Å². The molecular formula is C15H21N3O3+2. The Labute approximate surface area is 124 Å². The topological polar surface area (TPSA) is 43.6 Å². The van der Waals surface area contributed by atoms with E-state index in [1.54, 1.807) is 14.2 Å². The van der Waals surface area contributed by atoms with Gasteiger partial charge in [-0.15, -0.1) is 4.57 Å². The molecule has 0 aliphatic carbocycles. The van der Waals surface area contributed by atoms with Crippen molar-refractivity contribution in [2.24, 2.45) is 0 Å². The maximum Gasteiger partial charge on any atom is 0.406 e. The van der Waals surface area contributed by atoms with Crippen molar-refractivity contribution in [2.45, 2.75) is 12.2 Å². The Morgan fingerprint density at radius 1 is 1.33 bits per heavy atom. The van der Waals surface area contributed by atoms with Gasteiger partial charge >= 0.3 is 6.17 Å². The fourth-order valence-electron chi connectivity index (χ4n) is 3.00. The number of hydroxylamine groups is 4. The lowest BCUT2D eigenvalue weighted by molar-refractivity contribution is -1.21. The molecule has 0 radical (unpaired) electrons. The Morgan fingerprint density at radius 3 is 2.81 bits per heavy atom. The highest BCUT2D eigenvalue weighted by Crippen LogP contribution is 2.46.